The molecule has 0 aliphatic rings. The minimum absolute atomic E-state index is 0.105. The number of ether oxygens (including phenoxy) is 1. The van der Waals surface area contributed by atoms with Gasteiger partial charge in [-0.1, -0.05) is 30.3 Å². The zero-order valence-electron chi connectivity index (χ0n) is 7.85. The largest absolute Gasteiger partial charge is 0.460 e. The smallest absolute Gasteiger partial charge is 0.324 e. The van der Waals surface area contributed by atoms with Gasteiger partial charge < -0.3 is 16.2 Å². The number of rotatable bonds is 4. The van der Waals surface area contributed by atoms with Crippen LogP contribution in [0.2, 0.25) is 0 Å². The van der Waals surface area contributed by atoms with Crippen molar-refractivity contribution in [3.05, 3.63) is 35.9 Å². The molecule has 4 N–H and O–H groups in total. The quantitative estimate of drug-likeness (QED) is 0.662. The highest BCUT2D eigenvalue weighted by atomic mass is 16.5. The Morgan fingerprint density at radius 2 is 2.00 bits per heavy atom. The van der Waals surface area contributed by atoms with E-state index in [2.05, 4.69) is 0 Å². The molecule has 0 saturated carbocycles. The summed E-state index contributed by atoms with van der Waals surface area (Å²) in [6.07, 6.45) is 0. The summed E-state index contributed by atoms with van der Waals surface area (Å²) in [6.45, 7) is 0.348. The van der Waals surface area contributed by atoms with E-state index >= 15 is 0 Å². The van der Waals surface area contributed by atoms with Crippen LogP contribution in [0, 0.1) is 0 Å². The molecular formula is C10H14N2O2. The molecule has 0 unspecified atom stereocenters. The Balaban J connectivity index is 2.38. The minimum atomic E-state index is -0.723. The Bertz CT molecular complexity index is 287. The summed E-state index contributed by atoms with van der Waals surface area (Å²) in [4.78, 5) is 11.1. The summed E-state index contributed by atoms with van der Waals surface area (Å²) in [5.41, 5.74) is 11.5. The monoisotopic (exact) mass is 194 g/mol. The molecule has 1 aromatic carbocycles. The van der Waals surface area contributed by atoms with Gasteiger partial charge in [-0.25, -0.2) is 0 Å². The average molecular weight is 194 g/mol. The van der Waals surface area contributed by atoms with E-state index in [1.807, 2.05) is 30.3 Å². The number of benzene rings is 1. The van der Waals surface area contributed by atoms with Crippen molar-refractivity contribution in [3.8, 4) is 0 Å². The first-order chi connectivity index (χ1) is 6.74. The minimum Gasteiger partial charge on any atom is -0.460 e. The summed E-state index contributed by atoms with van der Waals surface area (Å²) < 4.78 is 4.94. The number of nitrogens with two attached hydrogens (primary N) is 2. The van der Waals surface area contributed by atoms with Crippen LogP contribution in [0.25, 0.3) is 0 Å². The molecule has 1 rings (SSSR count). The van der Waals surface area contributed by atoms with Crippen LogP contribution in [0.1, 0.15) is 5.56 Å². The van der Waals surface area contributed by atoms with Gasteiger partial charge in [0.25, 0.3) is 0 Å². The fourth-order valence-electron chi connectivity index (χ4n) is 0.932. The summed E-state index contributed by atoms with van der Waals surface area (Å²) in [5, 5.41) is 0. The van der Waals surface area contributed by atoms with Crippen LogP contribution < -0.4 is 11.5 Å². The average Bonchev–Trinajstić information content (AvgIpc) is 2.26. The molecule has 0 aromatic heterocycles. The summed E-state index contributed by atoms with van der Waals surface area (Å²) in [5.74, 6) is -0.462. The zero-order chi connectivity index (χ0) is 10.4. The topological polar surface area (TPSA) is 78.3 Å². The van der Waals surface area contributed by atoms with Crippen molar-refractivity contribution in [3.63, 3.8) is 0 Å². The molecule has 76 valence electrons. The SMILES string of the molecule is NC[C@@H](N)C(=O)OCc1ccccc1. The first-order valence-corrected chi connectivity index (χ1v) is 4.40. The maximum atomic E-state index is 11.1. The number of hydrogen-bond donors (Lipinski definition) is 2. The molecule has 0 bridgehead atoms. The van der Waals surface area contributed by atoms with E-state index < -0.39 is 12.0 Å². The van der Waals surface area contributed by atoms with Crippen molar-refractivity contribution in [1.82, 2.24) is 0 Å². The van der Waals surface area contributed by atoms with E-state index in [1.165, 1.54) is 0 Å². The lowest BCUT2D eigenvalue weighted by Gasteiger charge is -2.08. The molecule has 0 saturated heterocycles. The first-order valence-electron chi connectivity index (χ1n) is 4.40. The molecule has 1 atom stereocenters. The molecule has 1 aromatic rings. The third kappa shape index (κ3) is 3.16. The Morgan fingerprint density at radius 3 is 2.57 bits per heavy atom. The van der Waals surface area contributed by atoms with E-state index in [1.54, 1.807) is 0 Å². The van der Waals surface area contributed by atoms with E-state index in [0.717, 1.165) is 5.56 Å². The molecule has 0 aliphatic carbocycles. The fraction of sp³-hybridized carbons (Fsp3) is 0.300. The lowest BCUT2D eigenvalue weighted by Crippen LogP contribution is -2.38. The van der Waals surface area contributed by atoms with Gasteiger partial charge >= 0.3 is 5.97 Å². The van der Waals surface area contributed by atoms with Crippen molar-refractivity contribution in [1.29, 1.82) is 0 Å². The zero-order valence-corrected chi connectivity index (χ0v) is 7.85. The van der Waals surface area contributed by atoms with Crippen LogP contribution in [0.5, 0.6) is 0 Å². The molecular weight excluding hydrogens is 180 g/mol. The first kappa shape index (κ1) is 10.7. The van der Waals surface area contributed by atoms with Crippen LogP contribution in [0.4, 0.5) is 0 Å². The van der Waals surface area contributed by atoms with Crippen molar-refractivity contribution >= 4 is 5.97 Å². The number of esters is 1. The van der Waals surface area contributed by atoms with Crippen LogP contribution in [-0.4, -0.2) is 18.6 Å². The van der Waals surface area contributed by atoms with Gasteiger partial charge in [0.2, 0.25) is 0 Å². The Labute approximate surface area is 82.8 Å². The molecule has 4 heteroatoms. The van der Waals surface area contributed by atoms with Gasteiger partial charge in [-0.2, -0.15) is 0 Å². The number of carbonyl (C=O) groups excluding carboxylic acids is 1. The van der Waals surface area contributed by atoms with E-state index in [0.29, 0.717) is 0 Å². The molecule has 0 heterocycles. The summed E-state index contributed by atoms with van der Waals surface area (Å²) >= 11 is 0. The second-order valence-corrected chi connectivity index (χ2v) is 2.94. The van der Waals surface area contributed by atoms with Crippen LogP contribution in [0.15, 0.2) is 30.3 Å². The highest BCUT2D eigenvalue weighted by Gasteiger charge is 2.12. The highest BCUT2D eigenvalue weighted by molar-refractivity contribution is 5.75. The summed E-state index contributed by atoms with van der Waals surface area (Å²) in [7, 11) is 0. The summed E-state index contributed by atoms with van der Waals surface area (Å²) in [6, 6.07) is 8.69. The Kier molecular flexibility index (Phi) is 4.10. The molecule has 0 fully saturated rings. The molecule has 0 radical (unpaired) electrons. The van der Waals surface area contributed by atoms with Crippen LogP contribution in [0.3, 0.4) is 0 Å². The predicted molar refractivity (Wildman–Crippen MR) is 53.3 cm³/mol. The van der Waals surface area contributed by atoms with Gasteiger partial charge in [-0.05, 0) is 5.56 Å². The number of hydrogen-bond acceptors (Lipinski definition) is 4. The lowest BCUT2D eigenvalue weighted by molar-refractivity contribution is -0.146. The van der Waals surface area contributed by atoms with E-state index in [4.69, 9.17) is 16.2 Å². The molecule has 0 aliphatic heterocycles. The van der Waals surface area contributed by atoms with Gasteiger partial charge in [0.15, 0.2) is 0 Å². The van der Waals surface area contributed by atoms with E-state index in [-0.39, 0.29) is 13.2 Å². The second-order valence-electron chi connectivity index (χ2n) is 2.94. The van der Waals surface area contributed by atoms with Crippen molar-refractivity contribution < 1.29 is 9.53 Å². The van der Waals surface area contributed by atoms with Crippen molar-refractivity contribution in [2.75, 3.05) is 6.54 Å². The molecule has 0 spiro atoms. The van der Waals surface area contributed by atoms with Crippen LogP contribution in [-0.2, 0) is 16.1 Å². The molecule has 4 nitrogen and oxygen atoms in total. The normalized spacial score (nSPS) is 12.1. The Morgan fingerprint density at radius 1 is 1.36 bits per heavy atom. The van der Waals surface area contributed by atoms with Gasteiger partial charge in [0.1, 0.15) is 12.6 Å². The maximum absolute atomic E-state index is 11.1. The van der Waals surface area contributed by atoms with E-state index in [9.17, 15) is 4.79 Å². The fourth-order valence-corrected chi connectivity index (χ4v) is 0.932. The van der Waals surface area contributed by atoms with Crippen LogP contribution >= 0.6 is 0 Å². The van der Waals surface area contributed by atoms with Gasteiger partial charge in [-0.3, -0.25) is 4.79 Å². The maximum Gasteiger partial charge on any atom is 0.324 e. The molecule has 14 heavy (non-hydrogen) atoms. The van der Waals surface area contributed by atoms with Gasteiger partial charge in [0, 0.05) is 6.54 Å². The Hall–Kier alpha value is -1.39. The third-order valence-corrected chi connectivity index (χ3v) is 1.78. The predicted octanol–water partition coefficient (Wildman–Crippen LogP) is 0.0158. The van der Waals surface area contributed by atoms with Crippen molar-refractivity contribution in [2.45, 2.75) is 12.6 Å². The van der Waals surface area contributed by atoms with Crippen molar-refractivity contribution in [2.24, 2.45) is 11.5 Å². The molecule has 0 amide bonds. The standard InChI is InChI=1S/C10H14N2O2/c11-6-9(12)10(13)14-7-8-4-2-1-3-5-8/h1-5,9H,6-7,11-12H2/t9-/m1/s1. The third-order valence-electron chi connectivity index (χ3n) is 1.78. The second kappa shape index (κ2) is 5.36. The lowest BCUT2D eigenvalue weighted by atomic mass is 10.2. The highest BCUT2D eigenvalue weighted by Crippen LogP contribution is 2.00. The van der Waals surface area contributed by atoms with Gasteiger partial charge in [-0.15, -0.1) is 0 Å². The number of carbonyl (C=O) groups is 1. The van der Waals surface area contributed by atoms with Gasteiger partial charge in [0.05, 0.1) is 0 Å².